The Morgan fingerprint density at radius 3 is 1.25 bits per heavy atom. The highest BCUT2D eigenvalue weighted by molar-refractivity contribution is 6.18. The number of ketones is 4. The molecule has 15 aliphatic rings. The van der Waals surface area contributed by atoms with E-state index in [1.54, 1.807) is 0 Å². The van der Waals surface area contributed by atoms with Crippen LogP contribution in [-0.2, 0) is 19.2 Å². The van der Waals surface area contributed by atoms with Gasteiger partial charge in [-0.1, -0.05) is 48.6 Å². The van der Waals surface area contributed by atoms with Gasteiger partial charge in [0.15, 0.2) is 0 Å². The number of hydrogen-bond donors (Lipinski definition) is 4. The normalized spacial score (nSPS) is 34.3. The lowest BCUT2D eigenvalue weighted by atomic mass is 9.69. The van der Waals surface area contributed by atoms with Crippen LogP contribution in [0.25, 0.3) is 12.2 Å². The lowest BCUT2D eigenvalue weighted by Gasteiger charge is -2.33. The first-order valence-electron chi connectivity index (χ1n) is 18.4. The van der Waals surface area contributed by atoms with Crippen molar-refractivity contribution in [3.63, 3.8) is 0 Å². The van der Waals surface area contributed by atoms with E-state index in [1.807, 2.05) is 24.3 Å². The fourth-order valence-corrected chi connectivity index (χ4v) is 11.2. The smallest absolute Gasteiger partial charge is 0.145 e. The molecule has 0 fully saturated rings. The molecule has 0 aromatic carbocycles. The summed E-state index contributed by atoms with van der Waals surface area (Å²) in [7, 11) is 0. The Kier molecular flexibility index (Phi) is 4.87. The van der Waals surface area contributed by atoms with Crippen molar-refractivity contribution in [2.45, 2.75) is 49.4 Å². The van der Waals surface area contributed by atoms with E-state index in [0.717, 1.165) is 79.0 Å². The first-order chi connectivity index (χ1) is 25.4. The van der Waals surface area contributed by atoms with E-state index in [4.69, 9.17) is 9.98 Å². The van der Waals surface area contributed by atoms with Gasteiger partial charge < -0.3 is 20.6 Å². The molecule has 0 saturated heterocycles. The summed E-state index contributed by atoms with van der Waals surface area (Å²) in [4.78, 5) is 71.5. The number of carbonyl (C=O) groups excluding carboxylic acids is 4. The summed E-state index contributed by atoms with van der Waals surface area (Å²) in [6, 6.07) is 0. The van der Waals surface area contributed by atoms with Crippen LogP contribution >= 0.6 is 0 Å². The van der Waals surface area contributed by atoms with Crippen molar-refractivity contribution in [3.8, 4) is 0 Å². The van der Waals surface area contributed by atoms with E-state index in [2.05, 4.69) is 57.1 Å². The minimum absolute atomic E-state index is 0.0828. The van der Waals surface area contributed by atoms with Gasteiger partial charge in [0.25, 0.3) is 0 Å². The van der Waals surface area contributed by atoms with Crippen LogP contribution in [0.1, 0.15) is 83.0 Å². The summed E-state index contributed by atoms with van der Waals surface area (Å²) in [6.45, 7) is 0. The highest BCUT2D eigenvalue weighted by Gasteiger charge is 2.48. The second kappa shape index (κ2) is 9.11. The molecule has 10 nitrogen and oxygen atoms in total. The summed E-state index contributed by atoms with van der Waals surface area (Å²) >= 11 is 0. The Bertz CT molecular complexity index is 2430. The standard InChI is InChI=1S/C42H30N6O4/c49-27-11-17-3-5-19(27)35-25-13-23-31-15-1-7-21(29(51)9-15)37(31)41(43-23)47-39-34-18-4-6-20(28(50)12-18)36(34)26(46-39)14-24-32-16-2-8-22(30(52)10-16)38(32)42(44-24)48-40(45-25)33(17)35/h1-8,13-22H,9-12H2,(H2,43,46,47)(H2,44,45,48). The summed E-state index contributed by atoms with van der Waals surface area (Å²) in [5.41, 5.74) is 11.1. The molecule has 5 heterocycles. The Hall–Kier alpha value is -5.90. The van der Waals surface area contributed by atoms with Gasteiger partial charge in [0, 0.05) is 83.0 Å². The Morgan fingerprint density at radius 2 is 0.827 bits per heavy atom. The van der Waals surface area contributed by atoms with Crippen LogP contribution in [0.2, 0.25) is 0 Å². The number of nitrogens with one attached hydrogen (secondary N) is 4. The lowest BCUT2D eigenvalue weighted by molar-refractivity contribution is -0.122. The van der Waals surface area contributed by atoms with Crippen LogP contribution in [0.5, 0.6) is 0 Å². The van der Waals surface area contributed by atoms with Gasteiger partial charge >= 0.3 is 0 Å². The number of H-pyrrole nitrogens is 2. The molecule has 0 saturated carbocycles. The molecule has 3 aliphatic heterocycles. The van der Waals surface area contributed by atoms with E-state index in [-0.39, 0.29) is 70.5 Å². The van der Waals surface area contributed by atoms with Crippen molar-refractivity contribution in [1.29, 1.82) is 0 Å². The number of aromatic nitrogens is 2. The zero-order valence-corrected chi connectivity index (χ0v) is 27.7. The fourth-order valence-electron chi connectivity index (χ4n) is 11.2. The number of allylic oxidation sites excluding steroid dienone is 10. The largest absolute Gasteiger partial charge is 0.341 e. The number of hydrogen-bond acceptors (Lipinski definition) is 8. The zero-order valence-electron chi connectivity index (χ0n) is 27.7. The molecule has 0 spiro atoms. The molecule has 12 aliphatic carbocycles. The van der Waals surface area contributed by atoms with Crippen LogP contribution in [0.4, 0.5) is 11.6 Å². The molecule has 10 heteroatoms. The monoisotopic (exact) mass is 682 g/mol. The van der Waals surface area contributed by atoms with E-state index in [9.17, 15) is 19.2 Å². The number of Topliss-reactive ketones (excluding diaryl/α,β-unsaturated/α-hetero) is 4. The number of amidine groups is 2. The molecule has 16 bridgehead atoms. The summed E-state index contributed by atoms with van der Waals surface area (Å²) in [5.74, 6) is 1.66. The van der Waals surface area contributed by atoms with Gasteiger partial charge in [0.05, 0.1) is 35.1 Å². The number of nitrogens with zero attached hydrogens (tertiary/aromatic N) is 2. The molecule has 17 rings (SSSR count). The number of carbonyl (C=O) groups is 4. The van der Waals surface area contributed by atoms with Gasteiger partial charge in [-0.3, -0.25) is 19.2 Å². The summed E-state index contributed by atoms with van der Waals surface area (Å²) in [6.07, 6.45) is 22.5. The average molecular weight is 683 g/mol. The molecule has 8 unspecified atom stereocenters. The van der Waals surface area contributed by atoms with E-state index >= 15 is 0 Å². The first kappa shape index (κ1) is 27.8. The van der Waals surface area contributed by atoms with Crippen molar-refractivity contribution < 1.29 is 19.2 Å². The first-order valence-corrected chi connectivity index (χ1v) is 18.4. The van der Waals surface area contributed by atoms with Gasteiger partial charge in [0.2, 0.25) is 0 Å². The Morgan fingerprint density at radius 1 is 0.442 bits per heavy atom. The number of fused-ring (bicyclic) bond motifs is 10. The van der Waals surface area contributed by atoms with Gasteiger partial charge in [0.1, 0.15) is 46.4 Å². The second-order valence-corrected chi connectivity index (χ2v) is 15.9. The molecule has 2 aromatic rings. The molecule has 52 heavy (non-hydrogen) atoms. The van der Waals surface area contributed by atoms with E-state index in [0.29, 0.717) is 37.4 Å². The minimum atomic E-state index is -0.385. The maximum Gasteiger partial charge on any atom is 0.145 e. The average Bonchev–Trinajstić information content (AvgIpc) is 3.90. The van der Waals surface area contributed by atoms with Crippen molar-refractivity contribution in [2.75, 3.05) is 10.6 Å². The maximum atomic E-state index is 13.4. The van der Waals surface area contributed by atoms with E-state index < -0.39 is 0 Å². The lowest BCUT2D eigenvalue weighted by Crippen LogP contribution is -2.33. The van der Waals surface area contributed by atoms with Gasteiger partial charge in [-0.2, -0.15) is 0 Å². The minimum Gasteiger partial charge on any atom is -0.341 e. The van der Waals surface area contributed by atoms with Crippen LogP contribution < -0.4 is 10.6 Å². The highest BCUT2D eigenvalue weighted by Crippen LogP contribution is 2.54. The van der Waals surface area contributed by atoms with Crippen molar-refractivity contribution in [3.05, 3.63) is 116 Å². The number of aliphatic imine (C=N–C) groups is 2. The third kappa shape index (κ3) is 3.28. The van der Waals surface area contributed by atoms with Crippen LogP contribution in [0, 0.1) is 23.7 Å². The molecule has 4 N–H and O–H groups in total. The SMILES string of the molecule is O=C1CC2C=CC1C1=C2C2=NC1=Cc1[nH]c(c3c1C1C=CC3C(=O)C1)NC1=NC(=Cc3[nH]c(c4c3C3C=CC4C(=O)C3)N2)C2=C1C1C=CC2C(=O)C1. The molecule has 0 amide bonds. The predicted molar refractivity (Wildman–Crippen MR) is 194 cm³/mol. The number of aromatic amines is 2. The van der Waals surface area contributed by atoms with Crippen LogP contribution in [-0.4, -0.2) is 44.8 Å². The number of anilines is 2. The topological polar surface area (TPSA) is 149 Å². The quantitative estimate of drug-likeness (QED) is 0.253. The Balaban J connectivity index is 1.09. The van der Waals surface area contributed by atoms with Crippen molar-refractivity contribution in [2.24, 2.45) is 33.7 Å². The summed E-state index contributed by atoms with van der Waals surface area (Å²) in [5, 5.41) is 7.36. The fraction of sp³-hybridized carbons (Fsp3) is 0.286. The predicted octanol–water partition coefficient (Wildman–Crippen LogP) is 5.95. The second-order valence-electron chi connectivity index (χ2n) is 15.9. The van der Waals surface area contributed by atoms with Gasteiger partial charge in [-0.05, 0) is 34.4 Å². The van der Waals surface area contributed by atoms with E-state index in [1.165, 1.54) is 0 Å². The molecule has 2 aromatic heterocycles. The molecular formula is C42H30N6O4. The van der Waals surface area contributed by atoms with Crippen molar-refractivity contribution >= 4 is 58.6 Å². The molecule has 252 valence electrons. The van der Waals surface area contributed by atoms with Gasteiger partial charge in [-0.15, -0.1) is 0 Å². The molecule has 8 atom stereocenters. The molecule has 0 radical (unpaired) electrons. The third-order valence-electron chi connectivity index (χ3n) is 13.3. The van der Waals surface area contributed by atoms with Crippen LogP contribution in [0.3, 0.4) is 0 Å². The Labute approximate surface area is 296 Å². The summed E-state index contributed by atoms with van der Waals surface area (Å²) < 4.78 is 0. The van der Waals surface area contributed by atoms with Gasteiger partial charge in [-0.25, -0.2) is 9.98 Å². The third-order valence-corrected chi connectivity index (χ3v) is 13.3. The number of rotatable bonds is 0. The highest BCUT2D eigenvalue weighted by atomic mass is 16.1. The van der Waals surface area contributed by atoms with Crippen molar-refractivity contribution in [1.82, 2.24) is 9.97 Å². The zero-order chi connectivity index (χ0) is 34.3. The molecular weight excluding hydrogens is 652 g/mol. The maximum absolute atomic E-state index is 13.4. The van der Waals surface area contributed by atoms with Crippen LogP contribution in [0.15, 0.2) is 92.3 Å².